The van der Waals surface area contributed by atoms with Gasteiger partial charge in [0.05, 0.1) is 5.69 Å². The Hall–Kier alpha value is -1.65. The smallest absolute Gasteiger partial charge is 0.191 e. The van der Waals surface area contributed by atoms with Crippen molar-refractivity contribution in [1.29, 1.82) is 0 Å². The molecule has 1 aliphatic heterocycles. The summed E-state index contributed by atoms with van der Waals surface area (Å²) in [6, 6.07) is 10.8. The van der Waals surface area contributed by atoms with Gasteiger partial charge in [0.1, 0.15) is 0 Å². The fraction of sp³-hybridized carbons (Fsp3) is 0.565. The summed E-state index contributed by atoms with van der Waals surface area (Å²) in [6.07, 6.45) is 1.12. The second-order valence-electron chi connectivity index (χ2n) is 8.08. The first-order chi connectivity index (χ1) is 14.6. The van der Waals surface area contributed by atoms with Gasteiger partial charge in [-0.3, -0.25) is 14.6 Å². The highest BCUT2D eigenvalue weighted by Crippen LogP contribution is 2.11. The number of aromatic nitrogens is 2. The molecule has 1 aromatic carbocycles. The molecule has 1 saturated heterocycles. The van der Waals surface area contributed by atoms with Crippen LogP contribution in [0.25, 0.3) is 0 Å². The lowest BCUT2D eigenvalue weighted by Gasteiger charge is -2.34. The normalized spacial score (nSPS) is 15.5. The molecule has 0 bridgehead atoms. The lowest BCUT2D eigenvalue weighted by atomic mass is 10.2. The molecule has 0 unspecified atom stereocenters. The maximum atomic E-state index is 4.48. The minimum atomic E-state index is 0. The Morgan fingerprint density at radius 1 is 1.03 bits per heavy atom. The van der Waals surface area contributed by atoms with E-state index in [0.29, 0.717) is 0 Å². The van der Waals surface area contributed by atoms with Crippen LogP contribution in [0.15, 0.2) is 35.3 Å². The van der Waals surface area contributed by atoms with Gasteiger partial charge in [-0.05, 0) is 32.4 Å². The van der Waals surface area contributed by atoms with E-state index in [-0.39, 0.29) is 24.0 Å². The zero-order valence-electron chi connectivity index (χ0n) is 19.4. The topological polar surface area (TPSA) is 60.7 Å². The number of benzene rings is 1. The zero-order chi connectivity index (χ0) is 21.3. The fourth-order valence-corrected chi connectivity index (χ4v) is 3.99. The number of piperazine rings is 1. The Morgan fingerprint density at radius 3 is 2.32 bits per heavy atom. The Labute approximate surface area is 204 Å². The molecule has 1 aromatic heterocycles. The first-order valence-corrected chi connectivity index (χ1v) is 11.0. The van der Waals surface area contributed by atoms with Crippen LogP contribution in [-0.2, 0) is 20.1 Å². The van der Waals surface area contributed by atoms with Gasteiger partial charge in [0.2, 0.25) is 0 Å². The van der Waals surface area contributed by atoms with Crippen molar-refractivity contribution in [3.8, 4) is 0 Å². The van der Waals surface area contributed by atoms with E-state index in [1.165, 1.54) is 16.8 Å². The van der Waals surface area contributed by atoms with E-state index in [0.717, 1.165) is 70.4 Å². The zero-order valence-corrected chi connectivity index (χ0v) is 21.7. The Bertz CT molecular complexity index is 811. The Kier molecular flexibility index (Phi) is 10.8. The largest absolute Gasteiger partial charge is 0.356 e. The molecule has 1 fully saturated rings. The fourth-order valence-electron chi connectivity index (χ4n) is 3.99. The van der Waals surface area contributed by atoms with Crippen molar-refractivity contribution < 1.29 is 0 Å². The third-order valence-electron chi connectivity index (χ3n) is 5.97. The third-order valence-corrected chi connectivity index (χ3v) is 5.97. The Morgan fingerprint density at radius 2 is 1.71 bits per heavy atom. The van der Waals surface area contributed by atoms with Crippen molar-refractivity contribution in [2.45, 2.75) is 33.4 Å². The maximum absolute atomic E-state index is 4.48. The summed E-state index contributed by atoms with van der Waals surface area (Å²) < 4.78 is 1.93. The van der Waals surface area contributed by atoms with Gasteiger partial charge in [-0.2, -0.15) is 5.10 Å². The molecular formula is C23H38IN7. The molecule has 0 spiro atoms. The highest BCUT2D eigenvalue weighted by molar-refractivity contribution is 14.0. The van der Waals surface area contributed by atoms with E-state index >= 15 is 0 Å². The molecule has 172 valence electrons. The van der Waals surface area contributed by atoms with E-state index in [1.807, 2.05) is 18.8 Å². The van der Waals surface area contributed by atoms with Crippen LogP contribution in [0.2, 0.25) is 0 Å². The number of nitrogens with zero attached hydrogens (tertiary/aromatic N) is 5. The van der Waals surface area contributed by atoms with E-state index in [1.54, 1.807) is 0 Å². The molecule has 8 heteroatoms. The Balaban J connectivity index is 0.00000341. The van der Waals surface area contributed by atoms with Crippen molar-refractivity contribution in [2.24, 2.45) is 12.0 Å². The molecule has 0 amide bonds. The van der Waals surface area contributed by atoms with Crippen LogP contribution in [0.3, 0.4) is 0 Å². The van der Waals surface area contributed by atoms with Crippen LogP contribution in [0, 0.1) is 13.8 Å². The number of aliphatic imine (C=N–C) groups is 1. The number of halogens is 1. The van der Waals surface area contributed by atoms with Crippen LogP contribution in [0.1, 0.15) is 28.9 Å². The van der Waals surface area contributed by atoms with Crippen molar-refractivity contribution >= 4 is 29.9 Å². The molecule has 2 heterocycles. The van der Waals surface area contributed by atoms with Gasteiger partial charge in [-0.15, -0.1) is 24.0 Å². The summed E-state index contributed by atoms with van der Waals surface area (Å²) in [6.45, 7) is 12.6. The number of rotatable bonds is 8. The lowest BCUT2D eigenvalue weighted by Crippen LogP contribution is -2.46. The highest BCUT2D eigenvalue weighted by Gasteiger charge is 2.16. The predicted molar refractivity (Wildman–Crippen MR) is 139 cm³/mol. The summed E-state index contributed by atoms with van der Waals surface area (Å²) in [4.78, 5) is 9.48. The summed E-state index contributed by atoms with van der Waals surface area (Å²) in [5, 5.41) is 11.3. The number of nitrogens with one attached hydrogen (secondary N) is 2. The first-order valence-electron chi connectivity index (χ1n) is 11.0. The van der Waals surface area contributed by atoms with Gasteiger partial charge in [0, 0.05) is 71.2 Å². The summed E-state index contributed by atoms with van der Waals surface area (Å²) in [5.41, 5.74) is 4.92. The standard InChI is InChI=1S/C23H37N7.HI/c1-19-22(20(2)28(4)27-19)17-26-23(24-3)25-11-8-12-29-13-15-30(16-14-29)18-21-9-6-5-7-10-21;/h5-7,9-10H,8,11-18H2,1-4H3,(H2,24,25,26);1H. The van der Waals surface area contributed by atoms with Gasteiger partial charge >= 0.3 is 0 Å². The monoisotopic (exact) mass is 539 g/mol. The van der Waals surface area contributed by atoms with E-state index in [4.69, 9.17) is 0 Å². The van der Waals surface area contributed by atoms with Gasteiger partial charge in [-0.25, -0.2) is 0 Å². The summed E-state index contributed by atoms with van der Waals surface area (Å²) >= 11 is 0. The van der Waals surface area contributed by atoms with Crippen molar-refractivity contribution in [3.63, 3.8) is 0 Å². The molecular weight excluding hydrogens is 501 g/mol. The van der Waals surface area contributed by atoms with E-state index in [9.17, 15) is 0 Å². The van der Waals surface area contributed by atoms with Crippen LogP contribution in [-0.4, -0.2) is 71.9 Å². The van der Waals surface area contributed by atoms with Gasteiger partial charge in [0.25, 0.3) is 0 Å². The van der Waals surface area contributed by atoms with Crippen molar-refractivity contribution in [3.05, 3.63) is 52.8 Å². The number of hydrogen-bond donors (Lipinski definition) is 2. The maximum Gasteiger partial charge on any atom is 0.191 e. The molecule has 3 rings (SSSR count). The van der Waals surface area contributed by atoms with Crippen molar-refractivity contribution in [1.82, 2.24) is 30.2 Å². The second-order valence-corrected chi connectivity index (χ2v) is 8.08. The molecule has 2 N–H and O–H groups in total. The minimum Gasteiger partial charge on any atom is -0.356 e. The van der Waals surface area contributed by atoms with Crippen LogP contribution in [0.5, 0.6) is 0 Å². The average Bonchev–Trinajstić information content (AvgIpc) is 3.00. The highest BCUT2D eigenvalue weighted by atomic mass is 127. The van der Waals surface area contributed by atoms with Crippen LogP contribution >= 0.6 is 24.0 Å². The summed E-state index contributed by atoms with van der Waals surface area (Å²) in [7, 11) is 3.81. The van der Waals surface area contributed by atoms with Gasteiger partial charge in [0.15, 0.2) is 5.96 Å². The van der Waals surface area contributed by atoms with E-state index in [2.05, 4.69) is 74.7 Å². The van der Waals surface area contributed by atoms with Crippen LogP contribution in [0.4, 0.5) is 0 Å². The lowest BCUT2D eigenvalue weighted by molar-refractivity contribution is 0.126. The predicted octanol–water partition coefficient (Wildman–Crippen LogP) is 2.53. The van der Waals surface area contributed by atoms with Crippen molar-refractivity contribution in [2.75, 3.05) is 46.3 Å². The quantitative estimate of drug-likeness (QED) is 0.234. The van der Waals surface area contributed by atoms with Gasteiger partial charge in [-0.1, -0.05) is 30.3 Å². The third kappa shape index (κ3) is 7.76. The molecule has 0 saturated carbocycles. The second kappa shape index (κ2) is 13.0. The average molecular weight is 540 g/mol. The number of guanidine groups is 1. The SMILES string of the molecule is CN=C(NCCCN1CCN(Cc2ccccc2)CC1)NCc1c(C)nn(C)c1C.I. The molecule has 0 radical (unpaired) electrons. The number of hydrogen-bond acceptors (Lipinski definition) is 4. The molecule has 7 nitrogen and oxygen atoms in total. The molecule has 2 aromatic rings. The molecule has 31 heavy (non-hydrogen) atoms. The molecule has 0 atom stereocenters. The molecule has 1 aliphatic rings. The van der Waals surface area contributed by atoms with E-state index < -0.39 is 0 Å². The summed E-state index contributed by atoms with van der Waals surface area (Å²) in [5.74, 6) is 0.852. The minimum absolute atomic E-state index is 0. The first kappa shape index (κ1) is 25.6. The van der Waals surface area contributed by atoms with Gasteiger partial charge < -0.3 is 15.5 Å². The molecule has 0 aliphatic carbocycles. The van der Waals surface area contributed by atoms with Crippen LogP contribution < -0.4 is 10.6 Å². The number of aryl methyl sites for hydroxylation is 2.